The van der Waals surface area contributed by atoms with Crippen LogP contribution in [0.25, 0.3) is 0 Å². The number of amidine groups is 1. The second-order valence-corrected chi connectivity index (χ2v) is 8.51. The Morgan fingerprint density at radius 3 is 2.63 bits per heavy atom. The molecule has 2 fully saturated rings. The van der Waals surface area contributed by atoms with E-state index in [1.54, 1.807) is 28.0 Å². The normalized spacial score (nSPS) is 23.3. The van der Waals surface area contributed by atoms with Crippen LogP contribution in [0, 0.1) is 0 Å². The Labute approximate surface area is 157 Å². The summed E-state index contributed by atoms with van der Waals surface area (Å²) in [5, 5.41) is 0. The first kappa shape index (κ1) is 18.0. The maximum atomic E-state index is 12.6. The summed E-state index contributed by atoms with van der Waals surface area (Å²) in [5.74, 6) is -0.406. The van der Waals surface area contributed by atoms with Crippen LogP contribution in [0.15, 0.2) is 33.6 Å². The van der Waals surface area contributed by atoms with Crippen molar-refractivity contribution in [3.05, 3.63) is 29.8 Å². The van der Waals surface area contributed by atoms with Gasteiger partial charge in [0.2, 0.25) is 0 Å². The van der Waals surface area contributed by atoms with Crippen molar-refractivity contribution in [2.24, 2.45) is 4.40 Å². The lowest BCUT2D eigenvalue weighted by atomic mass is 10.1. The molecule has 1 aromatic rings. The van der Waals surface area contributed by atoms with Crippen molar-refractivity contribution in [3.63, 3.8) is 0 Å². The average Bonchev–Trinajstić information content (AvgIpc) is 3.39. The standard InChI is InChI=1S/C18H21N3O5S/c22-16(20-9-3-4-10-20)12-26-18(23)14-7-5-11-21(14)17-13-6-1-2-8-15(13)27(24,25)19-17/h1-2,6,8,14H,3-5,7,9-12H2/t14-/m0/s1. The Morgan fingerprint density at radius 2 is 1.85 bits per heavy atom. The smallest absolute Gasteiger partial charge is 0.329 e. The van der Waals surface area contributed by atoms with Crippen LogP contribution in [0.3, 0.4) is 0 Å². The summed E-state index contributed by atoms with van der Waals surface area (Å²) in [6, 6.07) is 5.97. The lowest BCUT2D eigenvalue weighted by molar-refractivity contribution is -0.154. The molecule has 1 amide bonds. The highest BCUT2D eigenvalue weighted by Crippen LogP contribution is 2.31. The van der Waals surface area contributed by atoms with E-state index in [1.165, 1.54) is 6.07 Å². The summed E-state index contributed by atoms with van der Waals surface area (Å²) in [6.45, 7) is 1.65. The van der Waals surface area contributed by atoms with Crippen LogP contribution in [-0.4, -0.2) is 68.2 Å². The molecule has 3 heterocycles. The molecular formula is C18H21N3O5S. The zero-order chi connectivity index (χ0) is 19.0. The molecule has 2 saturated heterocycles. The van der Waals surface area contributed by atoms with Gasteiger partial charge < -0.3 is 14.5 Å². The molecule has 0 aromatic heterocycles. The monoisotopic (exact) mass is 391 g/mol. The van der Waals surface area contributed by atoms with Gasteiger partial charge in [-0.2, -0.15) is 8.42 Å². The highest BCUT2D eigenvalue weighted by atomic mass is 32.2. The molecule has 0 saturated carbocycles. The third-order valence-corrected chi connectivity index (χ3v) is 6.53. The Bertz CT molecular complexity index is 905. The summed E-state index contributed by atoms with van der Waals surface area (Å²) >= 11 is 0. The van der Waals surface area contributed by atoms with Gasteiger partial charge in [-0.05, 0) is 37.8 Å². The van der Waals surface area contributed by atoms with Crippen LogP contribution in [0.1, 0.15) is 31.2 Å². The topological polar surface area (TPSA) is 96.3 Å². The fourth-order valence-electron chi connectivity index (χ4n) is 3.85. The van der Waals surface area contributed by atoms with Gasteiger partial charge in [-0.15, -0.1) is 4.40 Å². The summed E-state index contributed by atoms with van der Waals surface area (Å²) in [5.41, 5.74) is 0.505. The van der Waals surface area contributed by atoms with Gasteiger partial charge in [0.1, 0.15) is 10.9 Å². The van der Waals surface area contributed by atoms with Crippen LogP contribution in [0.2, 0.25) is 0 Å². The van der Waals surface area contributed by atoms with E-state index in [0.717, 1.165) is 19.3 Å². The van der Waals surface area contributed by atoms with Crippen molar-refractivity contribution in [1.29, 1.82) is 0 Å². The Kier molecular flexibility index (Phi) is 4.63. The molecule has 0 spiro atoms. The molecule has 0 radical (unpaired) electrons. The van der Waals surface area contributed by atoms with Crippen molar-refractivity contribution in [2.75, 3.05) is 26.2 Å². The summed E-state index contributed by atoms with van der Waals surface area (Å²) in [4.78, 5) is 28.2. The number of amides is 1. The number of sulfonamides is 1. The van der Waals surface area contributed by atoms with Crippen LogP contribution in [-0.2, 0) is 24.3 Å². The van der Waals surface area contributed by atoms with Crippen molar-refractivity contribution in [3.8, 4) is 0 Å². The lowest BCUT2D eigenvalue weighted by Crippen LogP contribution is -2.42. The molecule has 8 nitrogen and oxygen atoms in total. The molecule has 0 aliphatic carbocycles. The fourth-order valence-corrected chi connectivity index (χ4v) is 5.06. The molecule has 3 aliphatic heterocycles. The minimum atomic E-state index is -3.74. The number of ether oxygens (including phenoxy) is 1. The Morgan fingerprint density at radius 1 is 1.11 bits per heavy atom. The quantitative estimate of drug-likeness (QED) is 0.706. The number of carbonyl (C=O) groups is 2. The molecule has 1 aromatic carbocycles. The predicted molar refractivity (Wildman–Crippen MR) is 96.7 cm³/mol. The number of nitrogens with zero attached hydrogens (tertiary/aromatic N) is 3. The summed E-state index contributed by atoms with van der Waals surface area (Å²) in [7, 11) is -3.74. The first-order chi connectivity index (χ1) is 13.0. The third-order valence-electron chi connectivity index (χ3n) is 5.21. The van der Waals surface area contributed by atoms with Gasteiger partial charge in [0.05, 0.1) is 0 Å². The summed E-state index contributed by atoms with van der Waals surface area (Å²) < 4.78 is 33.7. The minimum Gasteiger partial charge on any atom is -0.454 e. The van der Waals surface area contributed by atoms with Crippen molar-refractivity contribution < 1.29 is 22.7 Å². The van der Waals surface area contributed by atoms with Crippen LogP contribution in [0.4, 0.5) is 0 Å². The fraction of sp³-hybridized carbons (Fsp3) is 0.500. The van der Waals surface area contributed by atoms with Gasteiger partial charge in [0.15, 0.2) is 12.4 Å². The second-order valence-electron chi connectivity index (χ2n) is 6.93. The van der Waals surface area contributed by atoms with Gasteiger partial charge in [0, 0.05) is 25.2 Å². The number of carbonyl (C=O) groups excluding carboxylic acids is 2. The minimum absolute atomic E-state index is 0.156. The van der Waals surface area contributed by atoms with Gasteiger partial charge in [-0.3, -0.25) is 4.79 Å². The number of hydrogen-bond acceptors (Lipinski definition) is 6. The Balaban J connectivity index is 1.48. The van der Waals surface area contributed by atoms with Gasteiger partial charge in [-0.25, -0.2) is 4.79 Å². The molecule has 9 heteroatoms. The number of rotatable bonds is 3. The maximum Gasteiger partial charge on any atom is 0.329 e. The highest BCUT2D eigenvalue weighted by molar-refractivity contribution is 7.90. The van der Waals surface area contributed by atoms with E-state index >= 15 is 0 Å². The Hall–Kier alpha value is -2.42. The predicted octanol–water partition coefficient (Wildman–Crippen LogP) is 0.766. The SMILES string of the molecule is O=C(OCC(=O)N1CCCC1)[C@@H]1CCCN1C1=NS(=O)(=O)c2ccccc21. The number of fused-ring (bicyclic) bond motifs is 1. The molecular weight excluding hydrogens is 370 g/mol. The molecule has 0 N–H and O–H groups in total. The summed E-state index contributed by atoms with van der Waals surface area (Å²) in [6.07, 6.45) is 3.21. The van der Waals surface area contributed by atoms with Crippen LogP contribution < -0.4 is 0 Å². The van der Waals surface area contributed by atoms with E-state index in [4.69, 9.17) is 4.74 Å². The van der Waals surface area contributed by atoms with E-state index in [2.05, 4.69) is 4.40 Å². The van der Waals surface area contributed by atoms with E-state index in [0.29, 0.717) is 31.6 Å². The number of benzene rings is 1. The lowest BCUT2D eigenvalue weighted by Gasteiger charge is -2.25. The van der Waals surface area contributed by atoms with Gasteiger partial charge in [-0.1, -0.05) is 12.1 Å². The van der Waals surface area contributed by atoms with E-state index in [9.17, 15) is 18.0 Å². The molecule has 0 bridgehead atoms. The average molecular weight is 391 g/mol. The zero-order valence-corrected chi connectivity index (χ0v) is 15.7. The highest BCUT2D eigenvalue weighted by Gasteiger charge is 2.40. The number of likely N-dealkylation sites (tertiary alicyclic amines) is 2. The molecule has 27 heavy (non-hydrogen) atoms. The van der Waals surface area contributed by atoms with E-state index in [1.807, 2.05) is 0 Å². The maximum absolute atomic E-state index is 12.6. The van der Waals surface area contributed by atoms with Crippen molar-refractivity contribution in [1.82, 2.24) is 9.80 Å². The molecule has 0 unspecified atom stereocenters. The second kappa shape index (κ2) is 6.95. The third kappa shape index (κ3) is 3.31. The van der Waals surface area contributed by atoms with Crippen molar-refractivity contribution >= 4 is 27.7 Å². The van der Waals surface area contributed by atoms with Crippen molar-refractivity contribution in [2.45, 2.75) is 36.6 Å². The van der Waals surface area contributed by atoms with E-state index in [-0.39, 0.29) is 23.2 Å². The molecule has 1 atom stereocenters. The van der Waals surface area contributed by atoms with Gasteiger partial charge >= 0.3 is 5.97 Å². The van der Waals surface area contributed by atoms with Crippen LogP contribution in [0.5, 0.6) is 0 Å². The van der Waals surface area contributed by atoms with Crippen LogP contribution >= 0.6 is 0 Å². The van der Waals surface area contributed by atoms with E-state index < -0.39 is 22.0 Å². The zero-order valence-electron chi connectivity index (χ0n) is 14.8. The first-order valence-electron chi connectivity index (χ1n) is 9.13. The molecule has 144 valence electrons. The first-order valence-corrected chi connectivity index (χ1v) is 10.6. The largest absolute Gasteiger partial charge is 0.454 e. The molecule has 4 rings (SSSR count). The number of esters is 1. The molecule has 3 aliphatic rings. The van der Waals surface area contributed by atoms with Gasteiger partial charge in [0.25, 0.3) is 15.9 Å². The number of hydrogen-bond donors (Lipinski definition) is 0.